The number of hydrogen-bond acceptors (Lipinski definition) is 2. The molecule has 0 spiro atoms. The monoisotopic (exact) mass is 238 g/mol. The molecular weight excluding hydrogens is 220 g/mol. The topological polar surface area (TPSA) is 37.3 Å². The standard InChI is InChI=1S/C13H18O2S/c1-10(2)12(13(14)15)16-9-8-11-6-4-3-5-7-11/h3-7,10,12H,8-9H2,1-2H3,(H,14,15). The van der Waals surface area contributed by atoms with Crippen molar-refractivity contribution in [2.24, 2.45) is 5.92 Å². The van der Waals surface area contributed by atoms with Crippen LogP contribution in [-0.2, 0) is 11.2 Å². The summed E-state index contributed by atoms with van der Waals surface area (Å²) in [5, 5.41) is 8.73. The van der Waals surface area contributed by atoms with Crippen LogP contribution in [0.25, 0.3) is 0 Å². The second-order valence-electron chi connectivity index (χ2n) is 4.11. The predicted octanol–water partition coefficient (Wildman–Crippen LogP) is 3.07. The summed E-state index contributed by atoms with van der Waals surface area (Å²) in [6.45, 7) is 3.91. The Morgan fingerprint density at radius 2 is 1.94 bits per heavy atom. The molecule has 0 amide bonds. The Morgan fingerprint density at radius 1 is 1.31 bits per heavy atom. The molecule has 1 aromatic rings. The van der Waals surface area contributed by atoms with Crippen LogP contribution in [0.15, 0.2) is 30.3 Å². The van der Waals surface area contributed by atoms with E-state index in [2.05, 4.69) is 12.1 Å². The van der Waals surface area contributed by atoms with Gasteiger partial charge in [0.05, 0.1) is 0 Å². The molecule has 1 rings (SSSR count). The van der Waals surface area contributed by atoms with E-state index in [-0.39, 0.29) is 11.2 Å². The Balaban J connectivity index is 2.37. The largest absolute Gasteiger partial charge is 0.480 e. The first-order chi connectivity index (χ1) is 7.61. The predicted molar refractivity (Wildman–Crippen MR) is 68.9 cm³/mol. The molecule has 1 aromatic carbocycles. The van der Waals surface area contributed by atoms with Crippen molar-refractivity contribution in [2.45, 2.75) is 25.5 Å². The van der Waals surface area contributed by atoms with Crippen LogP contribution in [0.3, 0.4) is 0 Å². The number of rotatable bonds is 6. The number of aliphatic carboxylic acids is 1. The molecule has 0 saturated carbocycles. The molecule has 0 aliphatic carbocycles. The third-order valence-corrected chi connectivity index (χ3v) is 3.92. The average molecular weight is 238 g/mol. The van der Waals surface area contributed by atoms with Crippen molar-refractivity contribution < 1.29 is 9.90 Å². The number of aryl methyl sites for hydroxylation is 1. The maximum absolute atomic E-state index is 11.0. The van der Waals surface area contributed by atoms with Gasteiger partial charge in [-0.15, -0.1) is 11.8 Å². The lowest BCUT2D eigenvalue weighted by atomic mass is 10.1. The molecular formula is C13H18O2S. The molecule has 0 bridgehead atoms. The highest BCUT2D eigenvalue weighted by molar-refractivity contribution is 8.00. The van der Waals surface area contributed by atoms with Crippen LogP contribution in [0.2, 0.25) is 0 Å². The summed E-state index contributed by atoms with van der Waals surface area (Å²) in [6.07, 6.45) is 0.933. The first-order valence-electron chi connectivity index (χ1n) is 5.49. The molecule has 16 heavy (non-hydrogen) atoms. The Morgan fingerprint density at radius 3 is 2.44 bits per heavy atom. The highest BCUT2D eigenvalue weighted by atomic mass is 32.2. The van der Waals surface area contributed by atoms with Gasteiger partial charge in [0.2, 0.25) is 0 Å². The van der Waals surface area contributed by atoms with Crippen molar-refractivity contribution in [3.8, 4) is 0 Å². The maximum Gasteiger partial charge on any atom is 0.316 e. The second-order valence-corrected chi connectivity index (χ2v) is 5.36. The van der Waals surface area contributed by atoms with Crippen LogP contribution in [0.1, 0.15) is 19.4 Å². The van der Waals surface area contributed by atoms with Gasteiger partial charge in [-0.05, 0) is 23.7 Å². The molecule has 1 N–H and O–H groups in total. The van der Waals surface area contributed by atoms with Crippen molar-refractivity contribution >= 4 is 17.7 Å². The molecule has 0 radical (unpaired) electrons. The van der Waals surface area contributed by atoms with Crippen molar-refractivity contribution in [1.29, 1.82) is 0 Å². The van der Waals surface area contributed by atoms with Crippen LogP contribution in [0.4, 0.5) is 0 Å². The number of carboxylic acid groups (broad SMARTS) is 1. The minimum absolute atomic E-state index is 0.179. The third-order valence-electron chi connectivity index (χ3n) is 2.38. The molecule has 1 atom stereocenters. The van der Waals surface area contributed by atoms with Crippen LogP contribution in [-0.4, -0.2) is 22.1 Å². The van der Waals surface area contributed by atoms with Gasteiger partial charge in [0.15, 0.2) is 0 Å². The SMILES string of the molecule is CC(C)C(SCCc1ccccc1)C(=O)O. The molecule has 0 aromatic heterocycles. The summed E-state index contributed by atoms with van der Waals surface area (Å²) < 4.78 is 0. The van der Waals surface area contributed by atoms with Crippen LogP contribution >= 0.6 is 11.8 Å². The van der Waals surface area contributed by atoms with E-state index in [1.165, 1.54) is 17.3 Å². The summed E-state index contributed by atoms with van der Waals surface area (Å²) in [5.41, 5.74) is 1.27. The van der Waals surface area contributed by atoms with E-state index < -0.39 is 5.97 Å². The van der Waals surface area contributed by atoms with Gasteiger partial charge >= 0.3 is 5.97 Å². The Bertz CT molecular complexity index is 322. The fourth-order valence-electron chi connectivity index (χ4n) is 1.50. The zero-order chi connectivity index (χ0) is 12.0. The van der Waals surface area contributed by atoms with E-state index in [1.54, 1.807) is 0 Å². The maximum atomic E-state index is 11.0. The van der Waals surface area contributed by atoms with Crippen molar-refractivity contribution in [1.82, 2.24) is 0 Å². The Hall–Kier alpha value is -0.960. The average Bonchev–Trinajstić information content (AvgIpc) is 2.24. The molecule has 88 valence electrons. The lowest BCUT2D eigenvalue weighted by Crippen LogP contribution is -2.23. The molecule has 3 heteroatoms. The number of benzene rings is 1. The van der Waals surface area contributed by atoms with E-state index in [9.17, 15) is 4.79 Å². The Kier molecular flexibility index (Phi) is 5.39. The van der Waals surface area contributed by atoms with E-state index in [1.807, 2.05) is 32.0 Å². The molecule has 0 heterocycles. The summed E-state index contributed by atoms with van der Waals surface area (Å²) in [5.74, 6) is 0.338. The summed E-state index contributed by atoms with van der Waals surface area (Å²) in [6, 6.07) is 10.2. The van der Waals surface area contributed by atoms with E-state index >= 15 is 0 Å². The van der Waals surface area contributed by atoms with Crippen LogP contribution in [0.5, 0.6) is 0 Å². The lowest BCUT2D eigenvalue weighted by Gasteiger charge is -2.15. The van der Waals surface area contributed by atoms with Gasteiger partial charge in [0, 0.05) is 0 Å². The minimum Gasteiger partial charge on any atom is -0.480 e. The second kappa shape index (κ2) is 6.59. The van der Waals surface area contributed by atoms with E-state index in [4.69, 9.17) is 5.11 Å². The first kappa shape index (κ1) is 13.1. The van der Waals surface area contributed by atoms with Crippen molar-refractivity contribution in [2.75, 3.05) is 5.75 Å². The lowest BCUT2D eigenvalue weighted by molar-refractivity contribution is -0.137. The number of carboxylic acids is 1. The third kappa shape index (κ3) is 4.27. The quantitative estimate of drug-likeness (QED) is 0.827. The fraction of sp³-hybridized carbons (Fsp3) is 0.462. The molecule has 0 aliphatic heterocycles. The highest BCUT2D eigenvalue weighted by Gasteiger charge is 2.21. The molecule has 0 saturated heterocycles. The molecule has 2 nitrogen and oxygen atoms in total. The molecule has 1 unspecified atom stereocenters. The van der Waals surface area contributed by atoms with Gasteiger partial charge in [-0.25, -0.2) is 0 Å². The van der Waals surface area contributed by atoms with Gasteiger partial charge in [-0.3, -0.25) is 4.79 Å². The van der Waals surface area contributed by atoms with Gasteiger partial charge in [-0.2, -0.15) is 0 Å². The smallest absolute Gasteiger partial charge is 0.316 e. The van der Waals surface area contributed by atoms with Crippen molar-refractivity contribution in [3.63, 3.8) is 0 Å². The number of carbonyl (C=O) groups is 1. The van der Waals surface area contributed by atoms with Gasteiger partial charge in [-0.1, -0.05) is 44.2 Å². The van der Waals surface area contributed by atoms with Gasteiger partial charge in [0.25, 0.3) is 0 Å². The van der Waals surface area contributed by atoms with E-state index in [0.717, 1.165) is 12.2 Å². The zero-order valence-corrected chi connectivity index (χ0v) is 10.5. The summed E-state index contributed by atoms with van der Waals surface area (Å²) in [7, 11) is 0. The molecule has 0 aliphatic rings. The zero-order valence-electron chi connectivity index (χ0n) is 9.72. The number of thioether (sulfide) groups is 1. The summed E-state index contributed by atoms with van der Waals surface area (Å²) in [4.78, 5) is 11.0. The van der Waals surface area contributed by atoms with Gasteiger partial charge in [0.1, 0.15) is 5.25 Å². The van der Waals surface area contributed by atoms with Crippen molar-refractivity contribution in [3.05, 3.63) is 35.9 Å². The first-order valence-corrected chi connectivity index (χ1v) is 6.54. The van der Waals surface area contributed by atoms with Gasteiger partial charge < -0.3 is 5.11 Å². The summed E-state index contributed by atoms with van der Waals surface area (Å²) >= 11 is 1.53. The molecule has 0 fully saturated rings. The van der Waals surface area contributed by atoms with E-state index in [0.29, 0.717) is 0 Å². The van der Waals surface area contributed by atoms with Crippen LogP contribution < -0.4 is 0 Å². The normalized spacial score (nSPS) is 12.7. The fourth-order valence-corrected chi connectivity index (χ4v) is 2.63. The van der Waals surface area contributed by atoms with Crippen LogP contribution in [0, 0.1) is 5.92 Å². The Labute approximate surface area is 101 Å². The number of hydrogen-bond donors (Lipinski definition) is 1. The minimum atomic E-state index is -0.701. The highest BCUT2D eigenvalue weighted by Crippen LogP contribution is 2.20.